The Morgan fingerprint density at radius 2 is 1.97 bits per heavy atom. The second kappa shape index (κ2) is 10.7. The van der Waals surface area contributed by atoms with Crippen LogP contribution in [0.4, 0.5) is 0 Å². The van der Waals surface area contributed by atoms with Crippen LogP contribution in [0.15, 0.2) is 47.6 Å². The Morgan fingerprint density at radius 3 is 2.67 bits per heavy atom. The molecule has 1 aliphatic rings. The SMILES string of the molecule is CC(C)CC(NS(=O)(=O)c1ccccc1)C(=O)NC1CCc2cnn(c2)CCNC(=O)C1=O. The number of ketones is 1. The lowest BCUT2D eigenvalue weighted by Crippen LogP contribution is -2.54. The minimum absolute atomic E-state index is 0.00313. The third kappa shape index (κ3) is 6.72. The molecule has 0 aliphatic carbocycles. The first-order valence-corrected chi connectivity index (χ1v) is 12.3. The second-order valence-corrected chi connectivity index (χ2v) is 10.2. The smallest absolute Gasteiger partial charge is 0.289 e. The van der Waals surface area contributed by atoms with Gasteiger partial charge in [-0.05, 0) is 42.9 Å². The number of nitrogens with one attached hydrogen (secondary N) is 3. The molecule has 33 heavy (non-hydrogen) atoms. The third-order valence-corrected chi connectivity index (χ3v) is 6.75. The van der Waals surface area contributed by atoms with Crippen LogP contribution in [0.5, 0.6) is 0 Å². The van der Waals surface area contributed by atoms with Crippen molar-refractivity contribution in [2.45, 2.75) is 56.6 Å². The summed E-state index contributed by atoms with van der Waals surface area (Å²) in [7, 11) is -3.96. The van der Waals surface area contributed by atoms with Gasteiger partial charge in [0.05, 0.1) is 23.7 Å². The zero-order valence-corrected chi connectivity index (χ0v) is 19.5. The van der Waals surface area contributed by atoms with Crippen molar-refractivity contribution in [1.29, 1.82) is 0 Å². The number of nitrogens with zero attached hydrogens (tertiary/aromatic N) is 2. The summed E-state index contributed by atoms with van der Waals surface area (Å²) >= 11 is 0. The molecule has 0 spiro atoms. The van der Waals surface area contributed by atoms with Gasteiger partial charge in [-0.25, -0.2) is 8.42 Å². The van der Waals surface area contributed by atoms with Crippen molar-refractivity contribution in [3.63, 3.8) is 0 Å². The van der Waals surface area contributed by atoms with Crippen LogP contribution in [-0.4, -0.2) is 54.4 Å². The van der Waals surface area contributed by atoms with Crippen molar-refractivity contribution in [1.82, 2.24) is 25.1 Å². The molecule has 1 aromatic carbocycles. The van der Waals surface area contributed by atoms with Crippen LogP contribution in [0.2, 0.25) is 0 Å². The first kappa shape index (κ1) is 24.6. The molecule has 0 fully saturated rings. The van der Waals surface area contributed by atoms with E-state index in [4.69, 9.17) is 0 Å². The summed E-state index contributed by atoms with van der Waals surface area (Å²) in [6.07, 6.45) is 4.34. The van der Waals surface area contributed by atoms with Crippen molar-refractivity contribution >= 4 is 27.6 Å². The fourth-order valence-electron chi connectivity index (χ4n) is 3.57. The highest BCUT2D eigenvalue weighted by Crippen LogP contribution is 2.13. The Morgan fingerprint density at radius 1 is 1.24 bits per heavy atom. The molecule has 0 radical (unpaired) electrons. The fourth-order valence-corrected chi connectivity index (χ4v) is 4.80. The molecule has 3 N–H and O–H groups in total. The number of carbonyl (C=O) groups excluding carboxylic acids is 3. The molecule has 2 atom stereocenters. The molecule has 2 heterocycles. The van der Waals surface area contributed by atoms with Gasteiger partial charge in [-0.2, -0.15) is 9.82 Å². The number of aromatic nitrogens is 2. The van der Waals surface area contributed by atoms with Crippen molar-refractivity contribution in [2.24, 2.45) is 5.92 Å². The van der Waals surface area contributed by atoms with Crippen LogP contribution >= 0.6 is 0 Å². The Balaban J connectivity index is 1.78. The summed E-state index contributed by atoms with van der Waals surface area (Å²) < 4.78 is 29.7. The van der Waals surface area contributed by atoms with Crippen LogP contribution < -0.4 is 15.4 Å². The van der Waals surface area contributed by atoms with Crippen LogP contribution in [0.3, 0.4) is 0 Å². The average molecular weight is 476 g/mol. The highest BCUT2D eigenvalue weighted by molar-refractivity contribution is 7.89. The quantitative estimate of drug-likeness (QED) is 0.495. The number of Topliss-reactive ketones (excluding diaryl/α,β-unsaturated/α-hetero) is 1. The minimum Gasteiger partial charge on any atom is -0.348 e. The third-order valence-electron chi connectivity index (χ3n) is 5.27. The number of aryl methyl sites for hydroxylation is 1. The molecule has 2 amide bonds. The van der Waals surface area contributed by atoms with Gasteiger partial charge in [0.2, 0.25) is 21.7 Å². The number of hydrogen-bond donors (Lipinski definition) is 3. The van der Waals surface area contributed by atoms with E-state index in [0.717, 1.165) is 5.56 Å². The maximum atomic E-state index is 13.1. The molecule has 0 saturated carbocycles. The molecule has 178 valence electrons. The number of amides is 2. The van der Waals surface area contributed by atoms with Crippen molar-refractivity contribution in [2.75, 3.05) is 6.54 Å². The Bertz CT molecular complexity index is 1100. The van der Waals surface area contributed by atoms with Gasteiger partial charge in [-0.1, -0.05) is 32.0 Å². The van der Waals surface area contributed by atoms with Crippen molar-refractivity contribution in [3.8, 4) is 0 Å². The summed E-state index contributed by atoms with van der Waals surface area (Å²) in [4.78, 5) is 38.2. The fraction of sp³-hybridized carbons (Fsp3) is 0.455. The van der Waals surface area contributed by atoms with Crippen LogP contribution in [-0.2, 0) is 37.4 Å². The molecule has 10 nitrogen and oxygen atoms in total. The highest BCUT2D eigenvalue weighted by Gasteiger charge is 2.32. The van der Waals surface area contributed by atoms with Crippen LogP contribution in [0, 0.1) is 5.92 Å². The standard InChI is InChI=1S/C22H29N5O5S/c1-15(2)12-19(26-33(31,32)17-6-4-3-5-7-17)21(29)25-18-9-8-16-13-24-27(14-16)11-10-23-22(30)20(18)28/h3-7,13-15,18-19,26H,8-12H2,1-2H3,(H,23,30)(H,25,29). The number of sulfonamides is 1. The van der Waals surface area contributed by atoms with E-state index in [1.54, 1.807) is 29.1 Å². The first-order valence-electron chi connectivity index (χ1n) is 10.9. The summed E-state index contributed by atoms with van der Waals surface area (Å²) in [5.74, 6) is -2.21. The summed E-state index contributed by atoms with van der Waals surface area (Å²) in [5.41, 5.74) is 0.875. The van der Waals surface area contributed by atoms with E-state index in [1.165, 1.54) is 12.1 Å². The Kier molecular flexibility index (Phi) is 7.98. The van der Waals surface area contributed by atoms with E-state index in [0.29, 0.717) is 13.0 Å². The van der Waals surface area contributed by atoms with Gasteiger partial charge in [-0.15, -0.1) is 0 Å². The number of hydrogen-bond acceptors (Lipinski definition) is 6. The van der Waals surface area contributed by atoms with Gasteiger partial charge in [0.15, 0.2) is 0 Å². The lowest BCUT2D eigenvalue weighted by atomic mass is 10.0. The van der Waals surface area contributed by atoms with Gasteiger partial charge in [0, 0.05) is 12.7 Å². The maximum absolute atomic E-state index is 13.1. The lowest BCUT2D eigenvalue weighted by Gasteiger charge is -2.23. The first-order chi connectivity index (χ1) is 15.7. The summed E-state index contributed by atoms with van der Waals surface area (Å²) in [5, 5.41) is 9.36. The van der Waals surface area contributed by atoms with Gasteiger partial charge in [0.1, 0.15) is 6.04 Å². The largest absolute Gasteiger partial charge is 0.348 e. The maximum Gasteiger partial charge on any atom is 0.289 e. The van der Waals surface area contributed by atoms with Gasteiger partial charge >= 0.3 is 0 Å². The van der Waals surface area contributed by atoms with Gasteiger partial charge < -0.3 is 10.6 Å². The molecule has 1 aliphatic heterocycles. The zero-order valence-electron chi connectivity index (χ0n) is 18.7. The van der Waals surface area contributed by atoms with E-state index < -0.39 is 39.7 Å². The number of carbonyl (C=O) groups is 3. The van der Waals surface area contributed by atoms with Crippen molar-refractivity contribution in [3.05, 3.63) is 48.3 Å². The van der Waals surface area contributed by atoms with E-state index in [-0.39, 0.29) is 30.2 Å². The number of benzene rings is 1. The molecule has 2 bridgehead atoms. The second-order valence-electron chi connectivity index (χ2n) is 8.45. The number of rotatable bonds is 7. The molecule has 2 aromatic rings. The highest BCUT2D eigenvalue weighted by atomic mass is 32.2. The van der Waals surface area contributed by atoms with E-state index in [2.05, 4.69) is 20.5 Å². The predicted molar refractivity (Wildman–Crippen MR) is 121 cm³/mol. The van der Waals surface area contributed by atoms with Gasteiger partial charge in [-0.3, -0.25) is 19.1 Å². The monoisotopic (exact) mass is 475 g/mol. The van der Waals surface area contributed by atoms with Crippen LogP contribution in [0.25, 0.3) is 0 Å². The Hall–Kier alpha value is -3.05. The minimum atomic E-state index is -3.96. The summed E-state index contributed by atoms with van der Waals surface area (Å²) in [6.45, 7) is 4.37. The lowest BCUT2D eigenvalue weighted by molar-refractivity contribution is -0.140. The molecular weight excluding hydrogens is 446 g/mol. The zero-order chi connectivity index (χ0) is 24.0. The predicted octanol–water partition coefficient (Wildman–Crippen LogP) is 0.393. The summed E-state index contributed by atoms with van der Waals surface area (Å²) in [6, 6.07) is 5.55. The molecule has 11 heteroatoms. The Labute approximate surface area is 193 Å². The van der Waals surface area contributed by atoms with Crippen molar-refractivity contribution < 1.29 is 22.8 Å². The molecular formula is C22H29N5O5S. The molecule has 0 saturated heterocycles. The van der Waals surface area contributed by atoms with Gasteiger partial charge in [0.25, 0.3) is 5.91 Å². The number of fused-ring (bicyclic) bond motifs is 2. The topological polar surface area (TPSA) is 139 Å². The molecule has 2 unspecified atom stereocenters. The molecule has 3 rings (SSSR count). The average Bonchev–Trinajstić information content (AvgIpc) is 3.22. The van der Waals surface area contributed by atoms with E-state index in [9.17, 15) is 22.8 Å². The molecule has 1 aromatic heterocycles. The van der Waals surface area contributed by atoms with E-state index in [1.807, 2.05) is 20.0 Å². The van der Waals surface area contributed by atoms with E-state index >= 15 is 0 Å². The normalized spacial score (nSPS) is 18.3. The van der Waals surface area contributed by atoms with Crippen LogP contribution in [0.1, 0.15) is 32.3 Å².